The van der Waals surface area contributed by atoms with E-state index >= 15 is 0 Å². The Morgan fingerprint density at radius 3 is 2.38 bits per heavy atom. The molecule has 0 radical (unpaired) electrons. The van der Waals surface area contributed by atoms with E-state index in [4.69, 9.17) is 21.5 Å². The standard InChI is InChI=1S/C23H17ClFN3O2.C2HF3O2/c1-14-5-4-10-26-21(14)23(30)28(17-7-2-6-16(24)12-17)13-15-11-20(29)27-22-18(15)8-3-9-19(22)25;3-2(4,5)1(6)7/h2-12H,13H2,1H3,(H,27,29);(H,6,7). The molecule has 2 N–H and O–H groups in total. The fourth-order valence-electron chi connectivity index (χ4n) is 3.38. The first kappa shape index (κ1) is 27.3. The number of para-hydroxylation sites is 1. The Hall–Kier alpha value is -4.25. The van der Waals surface area contributed by atoms with Gasteiger partial charge in [-0.1, -0.05) is 35.9 Å². The van der Waals surface area contributed by atoms with E-state index in [-0.39, 0.29) is 23.7 Å². The molecule has 12 heteroatoms. The summed E-state index contributed by atoms with van der Waals surface area (Å²) in [5.74, 6) is -3.64. The maximum atomic E-state index is 14.3. The van der Waals surface area contributed by atoms with Crippen LogP contribution in [0.15, 0.2) is 71.7 Å². The van der Waals surface area contributed by atoms with Gasteiger partial charge in [-0.15, -0.1) is 0 Å². The second-order valence-corrected chi connectivity index (χ2v) is 8.10. The summed E-state index contributed by atoms with van der Waals surface area (Å²) in [5.41, 5.74) is 1.72. The van der Waals surface area contributed by atoms with Crippen LogP contribution in [0.4, 0.5) is 23.2 Å². The van der Waals surface area contributed by atoms with E-state index < -0.39 is 23.5 Å². The Kier molecular flexibility index (Phi) is 8.28. The summed E-state index contributed by atoms with van der Waals surface area (Å²) in [6.07, 6.45) is -3.53. The number of aromatic amines is 1. The lowest BCUT2D eigenvalue weighted by molar-refractivity contribution is -0.192. The van der Waals surface area contributed by atoms with Crippen LogP contribution in [0.5, 0.6) is 0 Å². The summed E-state index contributed by atoms with van der Waals surface area (Å²) in [5, 5.41) is 8.11. The summed E-state index contributed by atoms with van der Waals surface area (Å²) in [7, 11) is 0. The molecule has 0 saturated carbocycles. The molecule has 192 valence electrons. The number of aryl methyl sites for hydroxylation is 1. The fraction of sp³-hybridized carbons (Fsp3) is 0.120. The maximum absolute atomic E-state index is 14.3. The van der Waals surface area contributed by atoms with Crippen LogP contribution in [0.2, 0.25) is 5.02 Å². The van der Waals surface area contributed by atoms with Crippen molar-refractivity contribution in [2.75, 3.05) is 4.90 Å². The number of amides is 1. The van der Waals surface area contributed by atoms with Crippen molar-refractivity contribution in [3.8, 4) is 0 Å². The second-order valence-electron chi connectivity index (χ2n) is 7.66. The van der Waals surface area contributed by atoms with Crippen molar-refractivity contribution in [3.63, 3.8) is 0 Å². The Labute approximate surface area is 212 Å². The molecule has 0 saturated heterocycles. The van der Waals surface area contributed by atoms with Crippen LogP contribution in [-0.4, -0.2) is 33.1 Å². The van der Waals surface area contributed by atoms with Crippen molar-refractivity contribution in [3.05, 3.63) is 105 Å². The number of nitrogens with zero attached hydrogens (tertiary/aromatic N) is 2. The summed E-state index contributed by atoms with van der Waals surface area (Å²) in [4.78, 5) is 42.7. The minimum Gasteiger partial charge on any atom is -0.475 e. The van der Waals surface area contributed by atoms with Gasteiger partial charge in [-0.05, 0) is 48.4 Å². The number of halogens is 5. The van der Waals surface area contributed by atoms with E-state index in [2.05, 4.69) is 9.97 Å². The zero-order chi connectivity index (χ0) is 27.3. The number of aromatic nitrogens is 2. The lowest BCUT2D eigenvalue weighted by atomic mass is 10.1. The van der Waals surface area contributed by atoms with Crippen LogP contribution in [0.1, 0.15) is 21.6 Å². The zero-order valence-electron chi connectivity index (χ0n) is 19.0. The number of alkyl halides is 3. The summed E-state index contributed by atoms with van der Waals surface area (Å²) >= 11 is 6.16. The van der Waals surface area contributed by atoms with Crippen LogP contribution in [0, 0.1) is 12.7 Å². The smallest absolute Gasteiger partial charge is 0.475 e. The number of benzene rings is 2. The SMILES string of the molecule is Cc1cccnc1C(=O)N(Cc1cc(=O)[nH]c2c(F)cccc12)c1cccc(Cl)c1.O=C(O)C(F)(F)F. The molecule has 37 heavy (non-hydrogen) atoms. The first-order valence-electron chi connectivity index (χ1n) is 10.5. The van der Waals surface area contributed by atoms with Gasteiger partial charge in [-0.3, -0.25) is 14.6 Å². The number of hydrogen-bond donors (Lipinski definition) is 2. The van der Waals surface area contributed by atoms with Crippen LogP contribution < -0.4 is 10.5 Å². The quantitative estimate of drug-likeness (QED) is 0.336. The minimum absolute atomic E-state index is 0.0407. The second kappa shape index (κ2) is 11.2. The van der Waals surface area contributed by atoms with E-state index in [0.29, 0.717) is 21.7 Å². The molecule has 4 aromatic rings. The molecule has 2 aromatic heterocycles. The first-order valence-corrected chi connectivity index (χ1v) is 10.9. The van der Waals surface area contributed by atoms with Crippen LogP contribution in [-0.2, 0) is 11.3 Å². The molecule has 1 amide bonds. The van der Waals surface area contributed by atoms with E-state index in [1.165, 1.54) is 17.0 Å². The molecule has 0 fully saturated rings. The number of aliphatic carboxylic acids is 1. The van der Waals surface area contributed by atoms with E-state index in [1.54, 1.807) is 61.7 Å². The van der Waals surface area contributed by atoms with Crippen molar-refractivity contribution in [2.24, 2.45) is 0 Å². The Bertz CT molecular complexity index is 1520. The largest absolute Gasteiger partial charge is 0.490 e. The van der Waals surface area contributed by atoms with Gasteiger partial charge in [0.25, 0.3) is 5.91 Å². The van der Waals surface area contributed by atoms with Crippen LogP contribution in [0.25, 0.3) is 10.9 Å². The van der Waals surface area contributed by atoms with Crippen molar-refractivity contribution < 1.29 is 32.3 Å². The third-order valence-electron chi connectivity index (χ3n) is 5.06. The van der Waals surface area contributed by atoms with Gasteiger partial charge in [0.05, 0.1) is 12.1 Å². The van der Waals surface area contributed by atoms with Gasteiger partial charge in [0.2, 0.25) is 5.56 Å². The number of nitrogens with one attached hydrogen (secondary N) is 1. The van der Waals surface area contributed by atoms with Gasteiger partial charge >= 0.3 is 12.1 Å². The molecule has 0 aliphatic carbocycles. The number of carbonyl (C=O) groups is 2. The number of hydrogen-bond acceptors (Lipinski definition) is 4. The van der Waals surface area contributed by atoms with Gasteiger partial charge < -0.3 is 15.0 Å². The number of carbonyl (C=O) groups excluding carboxylic acids is 1. The molecule has 0 unspecified atom stereocenters. The van der Waals surface area contributed by atoms with Crippen LogP contribution in [0.3, 0.4) is 0 Å². The van der Waals surface area contributed by atoms with Gasteiger partial charge in [0, 0.05) is 28.4 Å². The lowest BCUT2D eigenvalue weighted by Gasteiger charge is -2.24. The topological polar surface area (TPSA) is 103 Å². The Balaban J connectivity index is 0.000000479. The molecule has 0 spiro atoms. The molecule has 2 aromatic carbocycles. The number of fused-ring (bicyclic) bond motifs is 1. The molecular formula is C25H18ClF4N3O4. The average molecular weight is 536 g/mol. The highest BCUT2D eigenvalue weighted by Gasteiger charge is 2.38. The predicted molar refractivity (Wildman–Crippen MR) is 129 cm³/mol. The number of anilines is 1. The maximum Gasteiger partial charge on any atom is 0.490 e. The van der Waals surface area contributed by atoms with Crippen molar-refractivity contribution in [1.29, 1.82) is 0 Å². The number of carboxylic acids is 1. The predicted octanol–water partition coefficient (Wildman–Crippen LogP) is 5.50. The van der Waals surface area contributed by atoms with Gasteiger partial charge in [0.15, 0.2) is 0 Å². The third kappa shape index (κ3) is 6.70. The zero-order valence-corrected chi connectivity index (χ0v) is 19.8. The first-order chi connectivity index (χ1) is 17.4. The highest BCUT2D eigenvalue weighted by atomic mass is 35.5. The number of pyridine rings is 2. The number of carboxylic acid groups (broad SMARTS) is 1. The summed E-state index contributed by atoms with van der Waals surface area (Å²) in [6, 6.07) is 16.3. The molecule has 4 rings (SSSR count). The highest BCUT2D eigenvalue weighted by Crippen LogP contribution is 2.26. The molecule has 7 nitrogen and oxygen atoms in total. The Morgan fingerprint density at radius 1 is 1.08 bits per heavy atom. The molecule has 0 aliphatic rings. The molecular weight excluding hydrogens is 518 g/mol. The highest BCUT2D eigenvalue weighted by molar-refractivity contribution is 6.31. The Morgan fingerprint density at radius 2 is 1.76 bits per heavy atom. The van der Waals surface area contributed by atoms with Crippen molar-refractivity contribution in [2.45, 2.75) is 19.6 Å². The van der Waals surface area contributed by atoms with E-state index in [9.17, 15) is 27.2 Å². The molecule has 0 aliphatic heterocycles. The third-order valence-corrected chi connectivity index (χ3v) is 5.30. The minimum atomic E-state index is -5.08. The lowest BCUT2D eigenvalue weighted by Crippen LogP contribution is -2.32. The monoisotopic (exact) mass is 535 g/mol. The van der Waals surface area contributed by atoms with Gasteiger partial charge in [0.1, 0.15) is 11.5 Å². The normalized spacial score (nSPS) is 11.0. The fourth-order valence-corrected chi connectivity index (χ4v) is 3.56. The number of rotatable bonds is 4. The van der Waals surface area contributed by atoms with Crippen molar-refractivity contribution in [1.82, 2.24) is 9.97 Å². The van der Waals surface area contributed by atoms with Gasteiger partial charge in [-0.25, -0.2) is 9.18 Å². The van der Waals surface area contributed by atoms with E-state index in [0.717, 1.165) is 5.56 Å². The molecule has 2 heterocycles. The van der Waals surface area contributed by atoms with E-state index in [1.807, 2.05) is 0 Å². The average Bonchev–Trinajstić information content (AvgIpc) is 2.83. The van der Waals surface area contributed by atoms with Crippen LogP contribution >= 0.6 is 11.6 Å². The number of H-pyrrole nitrogens is 1. The summed E-state index contributed by atoms with van der Waals surface area (Å²) < 4.78 is 46.0. The van der Waals surface area contributed by atoms with Crippen molar-refractivity contribution >= 4 is 40.1 Å². The summed E-state index contributed by atoms with van der Waals surface area (Å²) in [6.45, 7) is 1.84. The molecule has 0 bridgehead atoms. The molecule has 0 atom stereocenters. The van der Waals surface area contributed by atoms with Gasteiger partial charge in [-0.2, -0.15) is 13.2 Å².